The van der Waals surface area contributed by atoms with Crippen molar-refractivity contribution >= 4 is 22.9 Å². The zero-order valence-corrected chi connectivity index (χ0v) is 11.4. The molecule has 3 N–H and O–H groups in total. The van der Waals surface area contributed by atoms with Crippen LogP contribution in [-0.4, -0.2) is 19.8 Å². The topological polar surface area (TPSA) is 68.8 Å². The van der Waals surface area contributed by atoms with E-state index >= 15 is 0 Å². The molecule has 2 rings (SSSR count). The first-order chi connectivity index (χ1) is 8.99. The van der Waals surface area contributed by atoms with Gasteiger partial charge in [-0.2, -0.15) is 0 Å². The largest absolute Gasteiger partial charge is 0.389 e. The maximum atomic E-state index is 13.7. The molecule has 0 bridgehead atoms. The lowest BCUT2D eigenvalue weighted by Gasteiger charge is -2.15. The summed E-state index contributed by atoms with van der Waals surface area (Å²) in [5.74, 6) is 0.321. The van der Waals surface area contributed by atoms with E-state index in [1.807, 2.05) is 14.0 Å². The van der Waals surface area contributed by atoms with Crippen molar-refractivity contribution in [2.45, 2.75) is 13.0 Å². The van der Waals surface area contributed by atoms with Gasteiger partial charge in [0.25, 0.3) is 0 Å². The molecule has 2 aromatic rings. The molecule has 0 saturated carbocycles. The molecule has 0 amide bonds. The molecule has 0 fully saturated rings. The van der Waals surface area contributed by atoms with E-state index in [0.717, 1.165) is 5.82 Å². The number of aryl methyl sites for hydroxylation is 1. The standard InChI is InChI=1S/C12H14FN5S/c1-7(12-17-15-6-18(12)2)16-8-3-4-9(11(14)19)10(13)5-8/h3-7,16H,1-2H3,(H2,14,19). The molecule has 5 nitrogen and oxygen atoms in total. The fourth-order valence-electron chi connectivity index (χ4n) is 1.80. The fraction of sp³-hybridized carbons (Fsp3) is 0.250. The summed E-state index contributed by atoms with van der Waals surface area (Å²) in [5, 5.41) is 10.9. The Labute approximate surface area is 115 Å². The summed E-state index contributed by atoms with van der Waals surface area (Å²) in [5.41, 5.74) is 6.29. The second-order valence-electron chi connectivity index (χ2n) is 4.22. The first kappa shape index (κ1) is 13.4. The highest BCUT2D eigenvalue weighted by Crippen LogP contribution is 2.19. The summed E-state index contributed by atoms with van der Waals surface area (Å²) in [6.07, 6.45) is 1.62. The van der Waals surface area contributed by atoms with Crippen LogP contribution in [0.1, 0.15) is 24.4 Å². The maximum Gasteiger partial charge on any atom is 0.154 e. The zero-order valence-electron chi connectivity index (χ0n) is 10.6. The van der Waals surface area contributed by atoms with Gasteiger partial charge in [-0.05, 0) is 25.1 Å². The molecule has 1 atom stereocenters. The normalized spacial score (nSPS) is 12.2. The maximum absolute atomic E-state index is 13.7. The molecular formula is C12H14FN5S. The summed E-state index contributed by atoms with van der Waals surface area (Å²) < 4.78 is 15.5. The zero-order chi connectivity index (χ0) is 14.0. The lowest BCUT2D eigenvalue weighted by Crippen LogP contribution is -2.14. The number of thiocarbonyl (C=S) groups is 1. The first-order valence-corrected chi connectivity index (χ1v) is 6.09. The molecular weight excluding hydrogens is 265 g/mol. The van der Waals surface area contributed by atoms with E-state index in [1.54, 1.807) is 23.0 Å². The van der Waals surface area contributed by atoms with Crippen LogP contribution in [0.3, 0.4) is 0 Å². The van der Waals surface area contributed by atoms with Crippen molar-refractivity contribution in [3.05, 3.63) is 41.7 Å². The van der Waals surface area contributed by atoms with Crippen LogP contribution in [0, 0.1) is 5.82 Å². The minimum Gasteiger partial charge on any atom is -0.389 e. The van der Waals surface area contributed by atoms with Gasteiger partial charge in [-0.1, -0.05) is 12.2 Å². The van der Waals surface area contributed by atoms with Crippen LogP contribution in [0.15, 0.2) is 24.5 Å². The lowest BCUT2D eigenvalue weighted by atomic mass is 10.2. The van der Waals surface area contributed by atoms with Gasteiger partial charge >= 0.3 is 0 Å². The SMILES string of the molecule is CC(Nc1ccc(C(N)=S)c(F)c1)c1nncn1C. The van der Waals surface area contributed by atoms with Crippen molar-refractivity contribution < 1.29 is 4.39 Å². The summed E-state index contributed by atoms with van der Waals surface area (Å²) in [7, 11) is 1.85. The number of hydrogen-bond donors (Lipinski definition) is 2. The molecule has 0 saturated heterocycles. The molecule has 7 heteroatoms. The predicted octanol–water partition coefficient (Wildman–Crippen LogP) is 1.76. The van der Waals surface area contributed by atoms with Gasteiger partial charge in [0.05, 0.1) is 6.04 Å². The number of halogens is 1. The number of anilines is 1. The van der Waals surface area contributed by atoms with Crippen molar-refractivity contribution in [2.24, 2.45) is 12.8 Å². The lowest BCUT2D eigenvalue weighted by molar-refractivity contribution is 0.625. The third-order valence-corrected chi connectivity index (χ3v) is 2.97. The van der Waals surface area contributed by atoms with Gasteiger partial charge < -0.3 is 15.6 Å². The third-order valence-electron chi connectivity index (χ3n) is 2.75. The van der Waals surface area contributed by atoms with Crippen molar-refractivity contribution in [2.75, 3.05) is 5.32 Å². The Bertz CT molecular complexity index is 610. The van der Waals surface area contributed by atoms with Crippen LogP contribution in [0.2, 0.25) is 0 Å². The van der Waals surface area contributed by atoms with E-state index in [9.17, 15) is 4.39 Å². The number of nitrogens with two attached hydrogens (primary N) is 1. The van der Waals surface area contributed by atoms with Crippen LogP contribution in [0.4, 0.5) is 10.1 Å². The van der Waals surface area contributed by atoms with Gasteiger partial charge in [0.1, 0.15) is 17.1 Å². The Morgan fingerprint density at radius 3 is 2.79 bits per heavy atom. The van der Waals surface area contributed by atoms with Gasteiger partial charge in [-0.15, -0.1) is 10.2 Å². The molecule has 0 aliphatic carbocycles. The average molecular weight is 279 g/mol. The smallest absolute Gasteiger partial charge is 0.154 e. The van der Waals surface area contributed by atoms with E-state index < -0.39 is 5.82 Å². The summed E-state index contributed by atoms with van der Waals surface area (Å²) in [6.45, 7) is 1.92. The minimum absolute atomic E-state index is 0.0467. The van der Waals surface area contributed by atoms with E-state index in [2.05, 4.69) is 15.5 Å². The van der Waals surface area contributed by atoms with Crippen molar-refractivity contribution in [3.63, 3.8) is 0 Å². The van der Waals surface area contributed by atoms with Crippen molar-refractivity contribution in [1.82, 2.24) is 14.8 Å². The van der Waals surface area contributed by atoms with E-state index in [1.165, 1.54) is 6.07 Å². The Morgan fingerprint density at radius 2 is 2.26 bits per heavy atom. The van der Waals surface area contributed by atoms with Gasteiger partial charge in [-0.25, -0.2) is 4.39 Å². The Kier molecular flexibility index (Phi) is 3.75. The number of nitrogens with one attached hydrogen (secondary N) is 1. The number of aromatic nitrogens is 3. The van der Waals surface area contributed by atoms with Gasteiger partial charge in [0.15, 0.2) is 5.82 Å². The molecule has 19 heavy (non-hydrogen) atoms. The summed E-state index contributed by atoms with van der Waals surface area (Å²) >= 11 is 4.76. The molecule has 0 radical (unpaired) electrons. The van der Waals surface area contributed by atoms with Gasteiger partial charge in [-0.3, -0.25) is 0 Å². The monoisotopic (exact) mass is 279 g/mol. The van der Waals surface area contributed by atoms with Gasteiger partial charge in [0.2, 0.25) is 0 Å². The number of nitrogens with zero attached hydrogens (tertiary/aromatic N) is 3. The van der Waals surface area contributed by atoms with E-state index in [4.69, 9.17) is 18.0 Å². The first-order valence-electron chi connectivity index (χ1n) is 5.69. The fourth-order valence-corrected chi connectivity index (χ4v) is 1.97. The average Bonchev–Trinajstić information content (AvgIpc) is 2.75. The summed E-state index contributed by atoms with van der Waals surface area (Å²) in [6, 6.07) is 4.55. The van der Waals surface area contributed by atoms with Crippen LogP contribution in [0.25, 0.3) is 0 Å². The van der Waals surface area contributed by atoms with Crippen LogP contribution in [0.5, 0.6) is 0 Å². The molecule has 1 heterocycles. The second kappa shape index (κ2) is 5.31. The third kappa shape index (κ3) is 2.87. The highest BCUT2D eigenvalue weighted by Gasteiger charge is 2.12. The van der Waals surface area contributed by atoms with Crippen LogP contribution < -0.4 is 11.1 Å². The minimum atomic E-state index is -0.442. The Hall–Kier alpha value is -2.02. The molecule has 0 aliphatic rings. The second-order valence-corrected chi connectivity index (χ2v) is 4.66. The Morgan fingerprint density at radius 1 is 1.53 bits per heavy atom. The van der Waals surface area contributed by atoms with Crippen LogP contribution >= 0.6 is 12.2 Å². The molecule has 1 aromatic heterocycles. The highest BCUT2D eigenvalue weighted by atomic mass is 32.1. The van der Waals surface area contributed by atoms with Gasteiger partial charge in [0, 0.05) is 18.3 Å². The summed E-state index contributed by atoms with van der Waals surface area (Å²) in [4.78, 5) is 0.0467. The predicted molar refractivity (Wildman–Crippen MR) is 75.3 cm³/mol. The van der Waals surface area contributed by atoms with Crippen LogP contribution in [-0.2, 0) is 7.05 Å². The van der Waals surface area contributed by atoms with E-state index in [0.29, 0.717) is 5.69 Å². The number of benzene rings is 1. The molecule has 1 unspecified atom stereocenters. The molecule has 1 aromatic carbocycles. The van der Waals surface area contributed by atoms with Crippen molar-refractivity contribution in [1.29, 1.82) is 0 Å². The Balaban J connectivity index is 2.18. The quantitative estimate of drug-likeness (QED) is 0.835. The molecule has 100 valence electrons. The molecule has 0 spiro atoms. The van der Waals surface area contributed by atoms with E-state index in [-0.39, 0.29) is 16.6 Å². The number of hydrogen-bond acceptors (Lipinski definition) is 4. The highest BCUT2D eigenvalue weighted by molar-refractivity contribution is 7.80. The number of rotatable bonds is 4. The molecule has 0 aliphatic heterocycles. The van der Waals surface area contributed by atoms with Crippen molar-refractivity contribution in [3.8, 4) is 0 Å².